The molecule has 5 nitrogen and oxygen atoms in total. The van der Waals surface area contributed by atoms with E-state index >= 15 is 0 Å². The van der Waals surface area contributed by atoms with Crippen LogP contribution in [0.4, 0.5) is 0 Å². The Morgan fingerprint density at radius 1 is 1.29 bits per heavy atom. The van der Waals surface area contributed by atoms with Crippen LogP contribution in [0.1, 0.15) is 38.8 Å². The fourth-order valence-electron chi connectivity index (χ4n) is 2.08. The number of rotatable bonds is 1. The predicted molar refractivity (Wildman–Crippen MR) is 64.2 cm³/mol. The van der Waals surface area contributed by atoms with Crippen LogP contribution in [0.25, 0.3) is 0 Å². The number of hydrogen-bond acceptors (Lipinski definition) is 3. The quantitative estimate of drug-likeness (QED) is 0.740. The van der Waals surface area contributed by atoms with E-state index in [9.17, 15) is 4.79 Å². The number of nitrogens with zero attached hydrogens (tertiary/aromatic N) is 4. The van der Waals surface area contributed by atoms with Crippen molar-refractivity contribution in [3.05, 3.63) is 11.6 Å². The van der Waals surface area contributed by atoms with E-state index in [4.69, 9.17) is 0 Å². The van der Waals surface area contributed by atoms with Gasteiger partial charge in [0.05, 0.1) is 6.54 Å². The molecule has 2 heterocycles. The Morgan fingerprint density at radius 2 is 2.00 bits per heavy atom. The van der Waals surface area contributed by atoms with Gasteiger partial charge in [-0.25, -0.2) is 0 Å². The summed E-state index contributed by atoms with van der Waals surface area (Å²) in [7, 11) is 0. The number of hydrogen-bond donors (Lipinski definition) is 0. The second-order valence-electron chi connectivity index (χ2n) is 5.87. The van der Waals surface area contributed by atoms with Crippen LogP contribution in [-0.4, -0.2) is 32.1 Å². The fraction of sp³-hybridized carbons (Fsp3) is 0.750. The third-order valence-electron chi connectivity index (χ3n) is 2.97. The van der Waals surface area contributed by atoms with Crippen molar-refractivity contribution < 1.29 is 4.79 Å². The molecule has 94 valence electrons. The molecule has 0 radical (unpaired) electrons. The molecule has 0 saturated carbocycles. The highest BCUT2D eigenvalue weighted by atomic mass is 16.2. The van der Waals surface area contributed by atoms with Gasteiger partial charge in [0.2, 0.25) is 5.91 Å². The van der Waals surface area contributed by atoms with Gasteiger partial charge in [-0.15, -0.1) is 10.2 Å². The van der Waals surface area contributed by atoms with E-state index in [2.05, 4.69) is 35.5 Å². The van der Waals surface area contributed by atoms with E-state index in [1.165, 1.54) is 0 Å². The van der Waals surface area contributed by atoms with Gasteiger partial charge < -0.3 is 9.47 Å². The lowest BCUT2D eigenvalue weighted by atomic mass is 9.91. The number of aromatic nitrogens is 3. The lowest BCUT2D eigenvalue weighted by molar-refractivity contribution is -0.134. The summed E-state index contributed by atoms with van der Waals surface area (Å²) in [6.45, 7) is 10.4. The Morgan fingerprint density at radius 3 is 2.65 bits per heavy atom. The lowest BCUT2D eigenvalue weighted by Crippen LogP contribution is -2.40. The second-order valence-corrected chi connectivity index (χ2v) is 5.87. The van der Waals surface area contributed by atoms with Gasteiger partial charge in [-0.2, -0.15) is 0 Å². The first kappa shape index (κ1) is 12.1. The van der Waals surface area contributed by atoms with E-state index in [1.54, 1.807) is 0 Å². The number of carbonyl (C=O) groups excluding carboxylic acids is 1. The molecule has 0 atom stereocenters. The average molecular weight is 236 g/mol. The zero-order chi connectivity index (χ0) is 12.6. The van der Waals surface area contributed by atoms with E-state index in [1.807, 2.05) is 11.8 Å². The molecule has 0 spiro atoms. The van der Waals surface area contributed by atoms with E-state index in [0.717, 1.165) is 24.7 Å². The highest BCUT2D eigenvalue weighted by Crippen LogP contribution is 2.21. The third kappa shape index (κ3) is 2.65. The van der Waals surface area contributed by atoms with Gasteiger partial charge in [0.25, 0.3) is 0 Å². The van der Waals surface area contributed by atoms with Gasteiger partial charge >= 0.3 is 0 Å². The van der Waals surface area contributed by atoms with Gasteiger partial charge in [0.1, 0.15) is 5.82 Å². The SMILES string of the molecule is Cc1nnc2n1CCN(C(=O)CC(C)(C)C)C2. The van der Waals surface area contributed by atoms with Gasteiger partial charge in [-0.1, -0.05) is 20.8 Å². The maximum atomic E-state index is 12.1. The van der Waals surface area contributed by atoms with Crippen molar-refractivity contribution in [2.75, 3.05) is 6.54 Å². The van der Waals surface area contributed by atoms with Crippen molar-refractivity contribution in [3.8, 4) is 0 Å². The number of carbonyl (C=O) groups is 1. The summed E-state index contributed by atoms with van der Waals surface area (Å²) in [5.41, 5.74) is 0.0398. The van der Waals surface area contributed by atoms with Crippen molar-refractivity contribution in [1.82, 2.24) is 19.7 Å². The molecule has 2 rings (SSSR count). The summed E-state index contributed by atoms with van der Waals surface area (Å²) in [5.74, 6) is 2.04. The first-order valence-electron chi connectivity index (χ1n) is 6.03. The number of fused-ring (bicyclic) bond motifs is 1. The van der Waals surface area contributed by atoms with Crippen molar-refractivity contribution in [1.29, 1.82) is 0 Å². The molecule has 1 aromatic rings. The van der Waals surface area contributed by atoms with Crippen LogP contribution in [0.15, 0.2) is 0 Å². The summed E-state index contributed by atoms with van der Waals surface area (Å²) < 4.78 is 2.08. The minimum Gasteiger partial charge on any atom is -0.333 e. The largest absolute Gasteiger partial charge is 0.333 e. The molecule has 0 aromatic carbocycles. The summed E-state index contributed by atoms with van der Waals surface area (Å²) in [4.78, 5) is 14.0. The van der Waals surface area contributed by atoms with Crippen LogP contribution in [0, 0.1) is 12.3 Å². The lowest BCUT2D eigenvalue weighted by Gasteiger charge is -2.30. The Bertz CT molecular complexity index is 430. The number of aryl methyl sites for hydroxylation is 1. The Hall–Kier alpha value is -1.39. The molecule has 5 heteroatoms. The number of amides is 1. The zero-order valence-electron chi connectivity index (χ0n) is 11.0. The Labute approximate surface area is 102 Å². The summed E-state index contributed by atoms with van der Waals surface area (Å²) in [5, 5.41) is 8.15. The maximum Gasteiger partial charge on any atom is 0.223 e. The first-order valence-corrected chi connectivity index (χ1v) is 6.03. The molecule has 0 bridgehead atoms. The molecule has 1 aromatic heterocycles. The molecular formula is C12H20N4O. The van der Waals surface area contributed by atoms with Gasteiger partial charge in [-0.05, 0) is 12.3 Å². The van der Waals surface area contributed by atoms with Gasteiger partial charge in [0, 0.05) is 19.5 Å². The fourth-order valence-corrected chi connectivity index (χ4v) is 2.08. The zero-order valence-corrected chi connectivity index (χ0v) is 11.0. The molecule has 0 saturated heterocycles. The molecular weight excluding hydrogens is 216 g/mol. The van der Waals surface area contributed by atoms with Crippen LogP contribution in [0.2, 0.25) is 0 Å². The topological polar surface area (TPSA) is 51.0 Å². The van der Waals surface area contributed by atoms with Gasteiger partial charge in [0.15, 0.2) is 5.82 Å². The molecule has 0 fully saturated rings. The summed E-state index contributed by atoms with van der Waals surface area (Å²) in [6.07, 6.45) is 0.583. The average Bonchev–Trinajstić information content (AvgIpc) is 2.57. The normalized spacial score (nSPS) is 15.9. The van der Waals surface area contributed by atoms with Crippen LogP contribution >= 0.6 is 0 Å². The van der Waals surface area contributed by atoms with E-state index in [-0.39, 0.29) is 11.3 Å². The first-order chi connectivity index (χ1) is 7.87. The second kappa shape index (κ2) is 4.13. The molecule has 0 N–H and O–H groups in total. The van der Waals surface area contributed by atoms with Crippen LogP contribution in [0.3, 0.4) is 0 Å². The van der Waals surface area contributed by atoms with Crippen molar-refractivity contribution in [2.45, 2.75) is 47.2 Å². The highest BCUT2D eigenvalue weighted by Gasteiger charge is 2.26. The van der Waals surface area contributed by atoms with Crippen LogP contribution in [0.5, 0.6) is 0 Å². The monoisotopic (exact) mass is 236 g/mol. The minimum absolute atomic E-state index is 0.0398. The van der Waals surface area contributed by atoms with Crippen molar-refractivity contribution in [2.24, 2.45) is 5.41 Å². The van der Waals surface area contributed by atoms with Crippen molar-refractivity contribution >= 4 is 5.91 Å². The highest BCUT2D eigenvalue weighted by molar-refractivity contribution is 5.76. The standard InChI is InChI=1S/C12H20N4O/c1-9-13-14-10-8-15(5-6-16(9)10)11(17)7-12(2,3)4/h5-8H2,1-4H3. The van der Waals surface area contributed by atoms with Crippen LogP contribution in [-0.2, 0) is 17.9 Å². The van der Waals surface area contributed by atoms with Gasteiger partial charge in [-0.3, -0.25) is 4.79 Å². The Balaban J connectivity index is 2.05. The molecule has 0 aliphatic carbocycles. The third-order valence-corrected chi connectivity index (χ3v) is 2.97. The van der Waals surface area contributed by atoms with E-state index < -0.39 is 0 Å². The molecule has 17 heavy (non-hydrogen) atoms. The van der Waals surface area contributed by atoms with Crippen LogP contribution < -0.4 is 0 Å². The summed E-state index contributed by atoms with van der Waals surface area (Å²) in [6, 6.07) is 0. The summed E-state index contributed by atoms with van der Waals surface area (Å²) >= 11 is 0. The van der Waals surface area contributed by atoms with E-state index in [0.29, 0.717) is 13.0 Å². The molecule has 1 aliphatic heterocycles. The smallest absolute Gasteiger partial charge is 0.223 e. The minimum atomic E-state index is 0.0398. The van der Waals surface area contributed by atoms with Crippen molar-refractivity contribution in [3.63, 3.8) is 0 Å². The Kier molecular flexibility index (Phi) is 2.93. The molecule has 0 unspecified atom stereocenters. The molecule has 1 amide bonds. The predicted octanol–water partition coefficient (Wildman–Crippen LogP) is 1.36. The maximum absolute atomic E-state index is 12.1. The molecule has 1 aliphatic rings.